The molecule has 2 aromatic rings. The highest BCUT2D eigenvalue weighted by Crippen LogP contribution is 2.39. The minimum atomic E-state index is -1.12. The van der Waals surface area contributed by atoms with Gasteiger partial charge in [-0.1, -0.05) is 0 Å². The zero-order valence-electron chi connectivity index (χ0n) is 11.3. The van der Waals surface area contributed by atoms with Crippen LogP contribution in [0.25, 0.3) is 0 Å². The van der Waals surface area contributed by atoms with E-state index in [1.807, 2.05) is 0 Å². The van der Waals surface area contributed by atoms with Crippen molar-refractivity contribution in [3.8, 4) is 17.2 Å². The SMILES string of the molecule is COc1cc(F)c(C(O)c2sccc2OC)cc1OC. The summed E-state index contributed by atoms with van der Waals surface area (Å²) in [4.78, 5) is 0.540. The van der Waals surface area contributed by atoms with Gasteiger partial charge >= 0.3 is 0 Å². The molecule has 2 rings (SSSR count). The van der Waals surface area contributed by atoms with Crippen LogP contribution in [0.1, 0.15) is 16.5 Å². The van der Waals surface area contributed by atoms with Gasteiger partial charge in [0.05, 0.1) is 26.2 Å². The van der Waals surface area contributed by atoms with Crippen LogP contribution in [0.5, 0.6) is 17.2 Å². The number of aliphatic hydroxyl groups excluding tert-OH is 1. The van der Waals surface area contributed by atoms with Gasteiger partial charge in [0.15, 0.2) is 11.5 Å². The molecular weight excluding hydrogens is 283 g/mol. The highest BCUT2D eigenvalue weighted by Gasteiger charge is 2.22. The Morgan fingerprint density at radius 2 is 1.65 bits per heavy atom. The molecule has 108 valence electrons. The van der Waals surface area contributed by atoms with Gasteiger partial charge in [-0.2, -0.15) is 0 Å². The molecule has 0 saturated carbocycles. The smallest absolute Gasteiger partial charge is 0.163 e. The molecule has 0 bridgehead atoms. The second kappa shape index (κ2) is 6.11. The molecule has 1 aromatic heterocycles. The molecule has 0 aliphatic rings. The van der Waals surface area contributed by atoms with E-state index in [1.165, 1.54) is 44.8 Å². The molecular formula is C14H15FO4S. The van der Waals surface area contributed by atoms with Crippen molar-refractivity contribution in [2.75, 3.05) is 21.3 Å². The van der Waals surface area contributed by atoms with Crippen LogP contribution < -0.4 is 14.2 Å². The Morgan fingerprint density at radius 1 is 1.05 bits per heavy atom. The number of ether oxygens (including phenoxy) is 3. The van der Waals surface area contributed by atoms with Gasteiger partial charge in [0, 0.05) is 11.6 Å². The Labute approximate surface area is 120 Å². The summed E-state index contributed by atoms with van der Waals surface area (Å²) >= 11 is 1.30. The van der Waals surface area contributed by atoms with E-state index in [-0.39, 0.29) is 11.3 Å². The molecule has 0 saturated heterocycles. The number of halogens is 1. The van der Waals surface area contributed by atoms with Crippen molar-refractivity contribution in [1.82, 2.24) is 0 Å². The van der Waals surface area contributed by atoms with Crippen molar-refractivity contribution in [1.29, 1.82) is 0 Å². The number of hydrogen-bond acceptors (Lipinski definition) is 5. The van der Waals surface area contributed by atoms with Crippen molar-refractivity contribution in [3.63, 3.8) is 0 Å². The lowest BCUT2D eigenvalue weighted by atomic mass is 10.1. The van der Waals surface area contributed by atoms with E-state index in [4.69, 9.17) is 14.2 Å². The van der Waals surface area contributed by atoms with Crippen LogP contribution in [-0.2, 0) is 0 Å². The maximum Gasteiger partial charge on any atom is 0.163 e. The molecule has 1 N–H and O–H groups in total. The van der Waals surface area contributed by atoms with Gasteiger partial charge in [-0.15, -0.1) is 11.3 Å². The van der Waals surface area contributed by atoms with E-state index in [9.17, 15) is 9.50 Å². The van der Waals surface area contributed by atoms with E-state index in [2.05, 4.69) is 0 Å². The summed E-state index contributed by atoms with van der Waals surface area (Å²) in [6.07, 6.45) is -1.12. The van der Waals surface area contributed by atoms with Crippen LogP contribution in [-0.4, -0.2) is 26.4 Å². The number of rotatable bonds is 5. The van der Waals surface area contributed by atoms with Crippen LogP contribution in [0.2, 0.25) is 0 Å². The van der Waals surface area contributed by atoms with Gasteiger partial charge in [-0.25, -0.2) is 4.39 Å². The molecule has 1 aromatic carbocycles. The first-order valence-electron chi connectivity index (χ1n) is 5.83. The largest absolute Gasteiger partial charge is 0.495 e. The lowest BCUT2D eigenvalue weighted by Gasteiger charge is -2.15. The van der Waals surface area contributed by atoms with Crippen LogP contribution >= 0.6 is 11.3 Å². The Bertz CT molecular complexity index is 597. The van der Waals surface area contributed by atoms with Crippen molar-refractivity contribution >= 4 is 11.3 Å². The summed E-state index contributed by atoms with van der Waals surface area (Å²) in [6.45, 7) is 0. The highest BCUT2D eigenvalue weighted by atomic mass is 32.1. The minimum absolute atomic E-state index is 0.114. The third-order valence-corrected chi connectivity index (χ3v) is 3.87. The third kappa shape index (κ3) is 2.57. The first kappa shape index (κ1) is 14.6. The summed E-state index contributed by atoms with van der Waals surface area (Å²) in [5, 5.41) is 12.1. The van der Waals surface area contributed by atoms with Gasteiger partial charge < -0.3 is 19.3 Å². The van der Waals surface area contributed by atoms with E-state index >= 15 is 0 Å². The van der Waals surface area contributed by atoms with Gasteiger partial charge in [0.2, 0.25) is 0 Å². The van der Waals surface area contributed by atoms with Crippen molar-refractivity contribution in [2.45, 2.75) is 6.10 Å². The van der Waals surface area contributed by atoms with Crippen molar-refractivity contribution < 1.29 is 23.7 Å². The Morgan fingerprint density at radius 3 is 2.25 bits per heavy atom. The molecule has 20 heavy (non-hydrogen) atoms. The lowest BCUT2D eigenvalue weighted by Crippen LogP contribution is -2.04. The minimum Gasteiger partial charge on any atom is -0.495 e. The van der Waals surface area contributed by atoms with Gasteiger partial charge in [0.1, 0.15) is 17.7 Å². The maximum atomic E-state index is 14.1. The molecule has 4 nitrogen and oxygen atoms in total. The number of thiophene rings is 1. The molecule has 0 spiro atoms. The van der Waals surface area contributed by atoms with Crippen molar-refractivity contribution in [2.24, 2.45) is 0 Å². The number of aliphatic hydroxyl groups is 1. The average molecular weight is 298 g/mol. The summed E-state index contributed by atoms with van der Waals surface area (Å²) < 4.78 is 29.4. The molecule has 0 fully saturated rings. The van der Waals surface area contributed by atoms with Gasteiger partial charge in [0.25, 0.3) is 0 Å². The predicted octanol–water partition coefficient (Wildman–Crippen LogP) is 2.99. The van der Waals surface area contributed by atoms with Gasteiger partial charge in [-0.3, -0.25) is 0 Å². The number of benzene rings is 1. The monoisotopic (exact) mass is 298 g/mol. The average Bonchev–Trinajstić information content (AvgIpc) is 2.94. The second-order valence-corrected chi connectivity index (χ2v) is 4.93. The topological polar surface area (TPSA) is 47.9 Å². The zero-order valence-corrected chi connectivity index (χ0v) is 12.2. The van der Waals surface area contributed by atoms with Crippen LogP contribution in [0.3, 0.4) is 0 Å². The number of methoxy groups -OCH3 is 3. The highest BCUT2D eigenvalue weighted by molar-refractivity contribution is 7.10. The third-order valence-electron chi connectivity index (χ3n) is 2.92. The van der Waals surface area contributed by atoms with Gasteiger partial charge in [-0.05, 0) is 17.5 Å². The molecule has 1 atom stereocenters. The van der Waals surface area contributed by atoms with Crippen LogP contribution in [0, 0.1) is 5.82 Å². The summed E-state index contributed by atoms with van der Waals surface area (Å²) in [6, 6.07) is 4.34. The maximum absolute atomic E-state index is 14.1. The number of hydrogen-bond donors (Lipinski definition) is 1. The molecule has 0 aliphatic heterocycles. The quantitative estimate of drug-likeness (QED) is 0.922. The Kier molecular flexibility index (Phi) is 4.46. The Hall–Kier alpha value is -1.79. The summed E-state index contributed by atoms with van der Waals surface area (Å²) in [7, 11) is 4.39. The Balaban J connectivity index is 2.46. The van der Waals surface area contributed by atoms with Crippen molar-refractivity contribution in [3.05, 3.63) is 39.8 Å². The van der Waals surface area contributed by atoms with E-state index in [0.717, 1.165) is 0 Å². The lowest BCUT2D eigenvalue weighted by molar-refractivity contribution is 0.213. The van der Waals surface area contributed by atoms with E-state index in [0.29, 0.717) is 16.4 Å². The fourth-order valence-corrected chi connectivity index (χ4v) is 2.76. The predicted molar refractivity (Wildman–Crippen MR) is 74.4 cm³/mol. The fourth-order valence-electron chi connectivity index (χ4n) is 1.90. The zero-order chi connectivity index (χ0) is 14.7. The van der Waals surface area contributed by atoms with E-state index < -0.39 is 11.9 Å². The van der Waals surface area contributed by atoms with E-state index in [1.54, 1.807) is 11.4 Å². The molecule has 1 heterocycles. The van der Waals surface area contributed by atoms with Crippen LogP contribution in [0.4, 0.5) is 4.39 Å². The first-order valence-corrected chi connectivity index (χ1v) is 6.71. The molecule has 0 aliphatic carbocycles. The second-order valence-electron chi connectivity index (χ2n) is 3.98. The molecule has 0 amide bonds. The summed E-state index contributed by atoms with van der Waals surface area (Å²) in [5.74, 6) is 0.597. The fraction of sp³-hybridized carbons (Fsp3) is 0.286. The standard InChI is InChI=1S/C14H15FO4S/c1-17-10-4-5-20-14(10)13(16)8-6-11(18-2)12(19-3)7-9(8)15/h4-7,13,16H,1-3H3. The molecule has 6 heteroatoms. The normalized spacial score (nSPS) is 12.1. The first-order chi connectivity index (χ1) is 9.62. The molecule has 0 radical (unpaired) electrons. The molecule has 1 unspecified atom stereocenters. The summed E-state index contributed by atoms with van der Waals surface area (Å²) in [5.41, 5.74) is 0.114. The van der Waals surface area contributed by atoms with Crippen LogP contribution in [0.15, 0.2) is 23.6 Å².